The molecule has 0 radical (unpaired) electrons. The van der Waals surface area contributed by atoms with Crippen molar-refractivity contribution in [2.24, 2.45) is 5.92 Å². The maximum Gasteiger partial charge on any atom is 0.435 e. The van der Waals surface area contributed by atoms with Crippen LogP contribution in [0.3, 0.4) is 0 Å². The molecule has 2 saturated carbocycles. The minimum atomic E-state index is -4.68. The molecule has 53 heavy (non-hydrogen) atoms. The number of hydrogen-bond acceptors (Lipinski definition) is 9. The van der Waals surface area contributed by atoms with Crippen LogP contribution in [0.4, 0.5) is 18.0 Å². The summed E-state index contributed by atoms with van der Waals surface area (Å²) in [5.41, 5.74) is -1.68. The topological polar surface area (TPSA) is 174 Å². The number of pyridine rings is 1. The van der Waals surface area contributed by atoms with Crippen LogP contribution in [-0.4, -0.2) is 89.6 Å². The number of hydrogen-bond donors (Lipinski definition) is 3. The van der Waals surface area contributed by atoms with Gasteiger partial charge in [-0.1, -0.05) is 12.2 Å². The molecule has 3 N–H and O–H groups in total. The van der Waals surface area contributed by atoms with Crippen molar-refractivity contribution < 1.29 is 45.4 Å². The smallest absolute Gasteiger partial charge is 0.435 e. The van der Waals surface area contributed by atoms with Crippen molar-refractivity contribution in [1.82, 2.24) is 35.0 Å². The number of alkyl halides is 3. The van der Waals surface area contributed by atoms with E-state index < -0.39 is 62.0 Å². The normalized spacial score (nSPS) is 23.9. The summed E-state index contributed by atoms with van der Waals surface area (Å²) >= 11 is 0. The van der Waals surface area contributed by atoms with Crippen LogP contribution in [0.15, 0.2) is 42.6 Å². The molecule has 4 amide bonds. The van der Waals surface area contributed by atoms with Crippen molar-refractivity contribution in [3.8, 4) is 17.3 Å². The highest BCUT2D eigenvalue weighted by molar-refractivity contribution is 7.91. The number of amides is 4. The Morgan fingerprint density at radius 3 is 2.58 bits per heavy atom. The van der Waals surface area contributed by atoms with E-state index in [4.69, 9.17) is 9.47 Å². The summed E-state index contributed by atoms with van der Waals surface area (Å²) in [4.78, 5) is 46.8. The van der Waals surface area contributed by atoms with Crippen molar-refractivity contribution in [2.45, 2.75) is 81.3 Å². The molecule has 0 spiro atoms. The number of rotatable bonds is 9. The average molecular weight is 762 g/mol. The van der Waals surface area contributed by atoms with Gasteiger partial charge in [-0.2, -0.15) is 18.3 Å². The summed E-state index contributed by atoms with van der Waals surface area (Å²) in [7, 11) is -0.931. The number of nitrogens with zero attached hydrogens (tertiary/aromatic N) is 4. The van der Waals surface area contributed by atoms with E-state index in [1.807, 2.05) is 12.2 Å². The van der Waals surface area contributed by atoms with Gasteiger partial charge in [-0.15, -0.1) is 0 Å². The Balaban J connectivity index is 1.28. The predicted octanol–water partition coefficient (Wildman–Crippen LogP) is 4.15. The summed E-state index contributed by atoms with van der Waals surface area (Å²) in [5.74, 6) is -1.29. The van der Waals surface area contributed by atoms with E-state index in [9.17, 15) is 36.0 Å². The Morgan fingerprint density at radius 2 is 1.91 bits per heavy atom. The quantitative estimate of drug-likeness (QED) is 0.271. The highest BCUT2D eigenvalue weighted by Crippen LogP contribution is 2.47. The Labute approximate surface area is 304 Å². The molecule has 2 aromatic heterocycles. The third-order valence-electron chi connectivity index (χ3n) is 10.2. The molecule has 2 aliphatic carbocycles. The number of carbonyl (C=O) groups is 3. The first-order valence-corrected chi connectivity index (χ1v) is 18.8. The number of allylic oxidation sites excluding steroid dienone is 1. The van der Waals surface area contributed by atoms with Crippen molar-refractivity contribution in [2.75, 3.05) is 27.3 Å². The van der Waals surface area contributed by atoms with Crippen LogP contribution >= 0.6 is 0 Å². The van der Waals surface area contributed by atoms with E-state index in [0.29, 0.717) is 54.4 Å². The van der Waals surface area contributed by atoms with Crippen molar-refractivity contribution in [3.05, 3.63) is 53.9 Å². The molecule has 2 unspecified atom stereocenters. The van der Waals surface area contributed by atoms with Gasteiger partial charge in [-0.05, 0) is 70.6 Å². The standard InChI is InChI=1S/C35H42F3N7O7S/c1-21-25(51-4)11-10-23-26(19-28(40-29(21)23)45-17-12-27(42-45)35(36,37)38)52-18-13-24-30(46)41-34(31(47)43-53(49,50)33(2)14-15-33)20-22(34)9-7-5-6-8-16-44(3)32(48)39-24/h7,9-12,17,19,22,24H,5-6,8,13-16,18,20H2,1-4H3,(H,39,48)(H,41,46)(H,43,47)/b9-7-/t22?,24?,34-/m1/s1. The molecule has 3 atom stereocenters. The largest absolute Gasteiger partial charge is 0.496 e. The van der Waals surface area contributed by atoms with Crippen LogP contribution in [0.2, 0.25) is 0 Å². The Bertz CT molecular complexity index is 2070. The number of urea groups is 1. The van der Waals surface area contributed by atoms with Crippen LogP contribution in [0.25, 0.3) is 16.7 Å². The highest BCUT2D eigenvalue weighted by atomic mass is 32.2. The molecular weight excluding hydrogens is 719 g/mol. The zero-order chi connectivity index (χ0) is 38.3. The molecular formula is C35H42F3N7O7S. The minimum absolute atomic E-state index is 0.0285. The van der Waals surface area contributed by atoms with Crippen LogP contribution in [-0.2, 0) is 25.8 Å². The molecule has 286 valence electrons. The fourth-order valence-electron chi connectivity index (χ4n) is 6.28. The van der Waals surface area contributed by atoms with Gasteiger partial charge in [0, 0.05) is 49.1 Å². The lowest BCUT2D eigenvalue weighted by molar-refractivity contribution is -0.141. The van der Waals surface area contributed by atoms with E-state index in [-0.39, 0.29) is 31.0 Å². The molecule has 18 heteroatoms. The second-order valence-electron chi connectivity index (χ2n) is 14.1. The average Bonchev–Trinajstić information content (AvgIpc) is 3.96. The van der Waals surface area contributed by atoms with E-state index in [2.05, 4.69) is 25.4 Å². The molecule has 0 saturated heterocycles. The summed E-state index contributed by atoms with van der Waals surface area (Å²) < 4.78 is 79.9. The van der Waals surface area contributed by atoms with Crippen LogP contribution < -0.4 is 24.8 Å². The Morgan fingerprint density at radius 1 is 1.15 bits per heavy atom. The summed E-state index contributed by atoms with van der Waals surface area (Å²) in [6, 6.07) is 3.86. The van der Waals surface area contributed by atoms with Gasteiger partial charge < -0.3 is 25.0 Å². The van der Waals surface area contributed by atoms with Gasteiger partial charge in [0.25, 0.3) is 5.91 Å². The number of carbonyl (C=O) groups excluding carboxylic acids is 3. The van der Waals surface area contributed by atoms with Gasteiger partial charge in [-0.3, -0.25) is 14.3 Å². The van der Waals surface area contributed by atoms with E-state index >= 15 is 0 Å². The molecule has 1 aliphatic heterocycles. The molecule has 3 aromatic rings. The zero-order valence-corrected chi connectivity index (χ0v) is 30.6. The van der Waals surface area contributed by atoms with Crippen LogP contribution in [0.1, 0.15) is 63.1 Å². The first-order valence-electron chi connectivity index (χ1n) is 17.3. The monoisotopic (exact) mass is 761 g/mol. The molecule has 6 rings (SSSR count). The maximum absolute atomic E-state index is 14.0. The summed E-state index contributed by atoms with van der Waals surface area (Å²) in [5, 5.41) is 9.64. The number of fused-ring (bicyclic) bond motifs is 2. The van der Waals surface area contributed by atoms with Gasteiger partial charge in [0.2, 0.25) is 15.9 Å². The lowest BCUT2D eigenvalue weighted by Crippen LogP contribution is -2.58. The first-order chi connectivity index (χ1) is 25.0. The second-order valence-corrected chi connectivity index (χ2v) is 16.2. The lowest BCUT2D eigenvalue weighted by atomic mass is 10.1. The molecule has 14 nitrogen and oxygen atoms in total. The third kappa shape index (κ3) is 7.77. The number of sulfonamides is 1. The van der Waals surface area contributed by atoms with Crippen molar-refractivity contribution in [3.63, 3.8) is 0 Å². The number of halogens is 3. The number of methoxy groups -OCH3 is 1. The van der Waals surface area contributed by atoms with Crippen LogP contribution in [0.5, 0.6) is 11.5 Å². The molecule has 0 bridgehead atoms. The zero-order valence-electron chi connectivity index (χ0n) is 29.7. The van der Waals surface area contributed by atoms with Gasteiger partial charge in [0.05, 0.1) is 24.0 Å². The lowest BCUT2D eigenvalue weighted by Gasteiger charge is -2.26. The number of aromatic nitrogens is 3. The highest BCUT2D eigenvalue weighted by Gasteiger charge is 2.62. The molecule has 3 heterocycles. The Hall–Kier alpha value is -4.87. The molecule has 3 aliphatic rings. The minimum Gasteiger partial charge on any atom is -0.496 e. The number of benzene rings is 1. The van der Waals surface area contributed by atoms with Gasteiger partial charge in [-0.25, -0.2) is 22.9 Å². The number of aryl methyl sites for hydroxylation is 1. The SMILES string of the molecule is COc1ccc2c(OCCC3NC(=O)N(C)CCCC/C=C\C4C[C@@]4(C(=O)NS(=O)(=O)C4(C)CC4)NC3=O)cc(-n3ccc(C(F)(F)F)n3)nc2c1C. The van der Waals surface area contributed by atoms with Crippen molar-refractivity contribution >= 4 is 38.8 Å². The molecule has 2 fully saturated rings. The fourth-order valence-corrected chi connectivity index (χ4v) is 7.60. The summed E-state index contributed by atoms with van der Waals surface area (Å²) in [6.07, 6.45) is 3.19. The van der Waals surface area contributed by atoms with Gasteiger partial charge in [0.15, 0.2) is 11.5 Å². The first kappa shape index (κ1) is 37.9. The van der Waals surface area contributed by atoms with Crippen LogP contribution in [0, 0.1) is 12.8 Å². The maximum atomic E-state index is 14.0. The van der Waals surface area contributed by atoms with E-state index in [0.717, 1.165) is 23.4 Å². The Kier molecular flexibility index (Phi) is 10.1. The third-order valence-corrected chi connectivity index (χ3v) is 12.3. The predicted molar refractivity (Wildman–Crippen MR) is 187 cm³/mol. The van der Waals surface area contributed by atoms with Gasteiger partial charge in [0.1, 0.15) is 23.1 Å². The van der Waals surface area contributed by atoms with Gasteiger partial charge >= 0.3 is 12.2 Å². The number of ether oxygens (including phenoxy) is 2. The van der Waals surface area contributed by atoms with Crippen molar-refractivity contribution in [1.29, 1.82) is 0 Å². The second kappa shape index (κ2) is 14.2. The van der Waals surface area contributed by atoms with E-state index in [1.165, 1.54) is 18.1 Å². The molecule has 1 aromatic carbocycles. The van der Waals surface area contributed by atoms with E-state index in [1.54, 1.807) is 33.0 Å². The fraction of sp³-hybridized carbons (Fsp3) is 0.514. The summed E-state index contributed by atoms with van der Waals surface area (Å²) in [6.45, 7) is 3.54. The number of nitrogens with one attached hydrogen (secondary N) is 3.